The zero-order chi connectivity index (χ0) is 18.2. The highest BCUT2D eigenvalue weighted by Crippen LogP contribution is 2.20. The van der Waals surface area contributed by atoms with Gasteiger partial charge < -0.3 is 9.73 Å². The molecule has 7 heteroatoms. The van der Waals surface area contributed by atoms with Gasteiger partial charge in [0.25, 0.3) is 0 Å². The highest BCUT2D eigenvalue weighted by atomic mass is 35.5. The molecule has 0 unspecified atom stereocenters. The molecule has 0 fully saturated rings. The van der Waals surface area contributed by atoms with Crippen molar-refractivity contribution in [1.82, 2.24) is 15.5 Å². The van der Waals surface area contributed by atoms with Crippen molar-refractivity contribution in [1.29, 1.82) is 0 Å². The summed E-state index contributed by atoms with van der Waals surface area (Å²) in [5.41, 5.74) is 0.870. The molecule has 0 aliphatic rings. The third kappa shape index (κ3) is 5.61. The predicted octanol–water partition coefficient (Wildman–Crippen LogP) is 4.23. The van der Waals surface area contributed by atoms with E-state index in [1.54, 1.807) is 11.8 Å². The number of carbonyl (C=O) groups is 1. The number of rotatable bonds is 8. The van der Waals surface area contributed by atoms with Crippen molar-refractivity contribution in [3.8, 4) is 11.5 Å². The fraction of sp³-hybridized carbons (Fsp3) is 0.211. The molecular weight excluding hydrogens is 370 g/mol. The van der Waals surface area contributed by atoms with E-state index in [1.807, 2.05) is 54.6 Å². The minimum absolute atomic E-state index is 0.0267. The van der Waals surface area contributed by atoms with Gasteiger partial charge in [0.1, 0.15) is 0 Å². The third-order valence-corrected chi connectivity index (χ3v) is 4.83. The number of halogens is 1. The Bertz CT molecular complexity index is 838. The molecule has 3 aromatic rings. The molecule has 1 amide bonds. The van der Waals surface area contributed by atoms with Crippen LogP contribution in [0.2, 0.25) is 5.02 Å². The monoisotopic (exact) mass is 387 g/mol. The lowest BCUT2D eigenvalue weighted by Crippen LogP contribution is -2.25. The molecule has 0 spiro atoms. The van der Waals surface area contributed by atoms with Gasteiger partial charge in [0.2, 0.25) is 17.7 Å². The van der Waals surface area contributed by atoms with E-state index >= 15 is 0 Å². The molecular formula is C19H18ClN3O2S. The molecule has 5 nitrogen and oxygen atoms in total. The smallest absolute Gasteiger partial charge is 0.247 e. The molecule has 0 aliphatic carbocycles. The number of amides is 1. The normalized spacial score (nSPS) is 10.7. The number of nitrogens with one attached hydrogen (secondary N) is 1. The second kappa shape index (κ2) is 9.40. The summed E-state index contributed by atoms with van der Waals surface area (Å²) in [5.74, 6) is 1.71. The lowest BCUT2D eigenvalue weighted by molar-refractivity contribution is -0.121. The second-order valence-electron chi connectivity index (χ2n) is 5.52. The van der Waals surface area contributed by atoms with Crippen LogP contribution in [-0.2, 0) is 11.2 Å². The summed E-state index contributed by atoms with van der Waals surface area (Å²) in [5, 5.41) is 11.6. The Morgan fingerprint density at radius 2 is 1.85 bits per heavy atom. The fourth-order valence-electron chi connectivity index (χ4n) is 2.25. The number of aryl methyl sites for hydroxylation is 1. The highest BCUT2D eigenvalue weighted by Gasteiger charge is 2.10. The van der Waals surface area contributed by atoms with E-state index in [-0.39, 0.29) is 5.91 Å². The van der Waals surface area contributed by atoms with Crippen LogP contribution in [0.1, 0.15) is 12.3 Å². The van der Waals surface area contributed by atoms with Crippen LogP contribution < -0.4 is 5.32 Å². The molecule has 26 heavy (non-hydrogen) atoms. The van der Waals surface area contributed by atoms with Crippen LogP contribution in [0.4, 0.5) is 0 Å². The molecule has 1 N–H and O–H groups in total. The minimum atomic E-state index is -0.0267. The van der Waals surface area contributed by atoms with Gasteiger partial charge in [-0.2, -0.15) is 0 Å². The van der Waals surface area contributed by atoms with Crippen molar-refractivity contribution >= 4 is 29.3 Å². The predicted molar refractivity (Wildman–Crippen MR) is 103 cm³/mol. The number of nitrogens with zero attached hydrogens (tertiary/aromatic N) is 2. The van der Waals surface area contributed by atoms with Gasteiger partial charge >= 0.3 is 0 Å². The van der Waals surface area contributed by atoms with Gasteiger partial charge in [0, 0.05) is 40.6 Å². The van der Waals surface area contributed by atoms with E-state index in [4.69, 9.17) is 16.0 Å². The van der Waals surface area contributed by atoms with Crippen molar-refractivity contribution in [3.63, 3.8) is 0 Å². The molecule has 0 saturated heterocycles. The van der Waals surface area contributed by atoms with Gasteiger partial charge in [0.05, 0.1) is 0 Å². The van der Waals surface area contributed by atoms with Crippen LogP contribution in [0.5, 0.6) is 0 Å². The van der Waals surface area contributed by atoms with E-state index in [9.17, 15) is 4.79 Å². The van der Waals surface area contributed by atoms with Gasteiger partial charge in [-0.1, -0.05) is 29.8 Å². The van der Waals surface area contributed by atoms with E-state index in [0.717, 1.165) is 21.2 Å². The van der Waals surface area contributed by atoms with Gasteiger partial charge in [-0.3, -0.25) is 4.79 Å². The first kappa shape index (κ1) is 18.5. The summed E-state index contributed by atoms with van der Waals surface area (Å²) in [4.78, 5) is 13.0. The molecule has 0 aliphatic heterocycles. The topological polar surface area (TPSA) is 68.0 Å². The first-order valence-corrected chi connectivity index (χ1v) is 9.60. The summed E-state index contributed by atoms with van der Waals surface area (Å²) in [6.07, 6.45) is 0.748. The molecule has 0 radical (unpaired) electrons. The average molecular weight is 388 g/mol. The van der Waals surface area contributed by atoms with Crippen LogP contribution in [0, 0.1) is 0 Å². The van der Waals surface area contributed by atoms with Gasteiger partial charge in [0.15, 0.2) is 0 Å². The zero-order valence-electron chi connectivity index (χ0n) is 14.0. The summed E-state index contributed by atoms with van der Waals surface area (Å²) >= 11 is 7.52. The van der Waals surface area contributed by atoms with Crippen LogP contribution in [0.25, 0.3) is 11.5 Å². The standard InChI is InChI=1S/C19H18ClN3O2S/c20-15-6-8-16(9-7-15)26-13-12-21-17(24)10-11-18-22-23-19(25-18)14-4-2-1-3-5-14/h1-9H,10-13H2,(H,21,24). The largest absolute Gasteiger partial charge is 0.421 e. The number of carbonyl (C=O) groups excluding carboxylic acids is 1. The van der Waals surface area contributed by atoms with Gasteiger partial charge in [-0.05, 0) is 36.4 Å². The molecule has 0 saturated carbocycles. The van der Waals surface area contributed by atoms with Crippen LogP contribution in [-0.4, -0.2) is 28.4 Å². The van der Waals surface area contributed by atoms with E-state index < -0.39 is 0 Å². The number of hydrogen-bond acceptors (Lipinski definition) is 5. The summed E-state index contributed by atoms with van der Waals surface area (Å²) in [6, 6.07) is 17.2. The second-order valence-corrected chi connectivity index (χ2v) is 7.12. The summed E-state index contributed by atoms with van der Waals surface area (Å²) < 4.78 is 5.60. The highest BCUT2D eigenvalue weighted by molar-refractivity contribution is 7.99. The fourth-order valence-corrected chi connectivity index (χ4v) is 3.15. The Kier molecular flexibility index (Phi) is 6.68. The first-order chi connectivity index (χ1) is 12.7. The van der Waals surface area contributed by atoms with Crippen molar-refractivity contribution in [2.24, 2.45) is 0 Å². The quantitative estimate of drug-likeness (QED) is 0.462. The van der Waals surface area contributed by atoms with Crippen molar-refractivity contribution in [3.05, 3.63) is 65.5 Å². The average Bonchev–Trinajstić information content (AvgIpc) is 3.15. The molecule has 134 valence electrons. The maximum absolute atomic E-state index is 11.9. The van der Waals surface area contributed by atoms with E-state index in [1.165, 1.54) is 0 Å². The van der Waals surface area contributed by atoms with Crippen molar-refractivity contribution < 1.29 is 9.21 Å². The van der Waals surface area contributed by atoms with Crippen LogP contribution >= 0.6 is 23.4 Å². The summed E-state index contributed by atoms with van der Waals surface area (Å²) in [7, 11) is 0. The lowest BCUT2D eigenvalue weighted by atomic mass is 10.2. The molecule has 1 aromatic heterocycles. The minimum Gasteiger partial charge on any atom is -0.421 e. The van der Waals surface area contributed by atoms with Crippen LogP contribution in [0.15, 0.2) is 63.9 Å². The SMILES string of the molecule is O=C(CCc1nnc(-c2ccccc2)o1)NCCSc1ccc(Cl)cc1. The molecule has 0 atom stereocenters. The number of benzene rings is 2. The molecule has 0 bridgehead atoms. The Morgan fingerprint density at radius 3 is 2.62 bits per heavy atom. The molecule has 3 rings (SSSR count). The van der Waals surface area contributed by atoms with E-state index in [2.05, 4.69) is 15.5 Å². The Balaban J connectivity index is 1.36. The number of thioether (sulfide) groups is 1. The number of aromatic nitrogens is 2. The Hall–Kier alpha value is -2.31. The number of hydrogen-bond donors (Lipinski definition) is 1. The van der Waals surface area contributed by atoms with Crippen LogP contribution in [0.3, 0.4) is 0 Å². The van der Waals surface area contributed by atoms with E-state index in [0.29, 0.717) is 31.2 Å². The third-order valence-electron chi connectivity index (χ3n) is 3.56. The van der Waals surface area contributed by atoms with Crippen molar-refractivity contribution in [2.45, 2.75) is 17.7 Å². The Morgan fingerprint density at radius 1 is 1.08 bits per heavy atom. The lowest BCUT2D eigenvalue weighted by Gasteiger charge is -2.04. The maximum Gasteiger partial charge on any atom is 0.247 e. The zero-order valence-corrected chi connectivity index (χ0v) is 15.6. The molecule has 1 heterocycles. The summed E-state index contributed by atoms with van der Waals surface area (Å²) in [6.45, 7) is 0.602. The van der Waals surface area contributed by atoms with Gasteiger partial charge in [-0.25, -0.2) is 0 Å². The first-order valence-electron chi connectivity index (χ1n) is 8.23. The Labute approximate surface area is 161 Å². The molecule has 2 aromatic carbocycles. The van der Waals surface area contributed by atoms with Gasteiger partial charge in [-0.15, -0.1) is 22.0 Å². The maximum atomic E-state index is 11.9. The van der Waals surface area contributed by atoms with Crippen molar-refractivity contribution in [2.75, 3.05) is 12.3 Å².